The third-order valence-electron chi connectivity index (χ3n) is 8.60. The molecule has 0 unspecified atom stereocenters. The maximum Gasteiger partial charge on any atom is -0.0809 e. The molecule has 0 aromatic heterocycles. The van der Waals surface area contributed by atoms with Crippen LogP contribution in [0.1, 0.15) is 0 Å². The van der Waals surface area contributed by atoms with Gasteiger partial charge in [0, 0.05) is 0 Å². The van der Waals surface area contributed by atoms with Crippen LogP contribution in [0, 0.1) is 0 Å². The van der Waals surface area contributed by atoms with Crippen molar-refractivity contribution >= 4 is 64.5 Å². The molecule has 10 rings (SSSR count). The van der Waals surface area contributed by atoms with Crippen molar-refractivity contribution in [2.75, 3.05) is 0 Å². The summed E-state index contributed by atoms with van der Waals surface area (Å²) < 4.78 is 0. The minimum atomic E-state index is -0.0733. The van der Waals surface area contributed by atoms with E-state index in [0.717, 1.165) is 0 Å². The number of fused-ring (bicyclic) bond motifs is 4. The molecule has 0 atom stereocenters. The van der Waals surface area contributed by atoms with Crippen LogP contribution >= 0.6 is 0 Å². The molecule has 0 N–H and O–H groups in total. The molecule has 0 spiro atoms. The Bertz CT molecular complexity index is 2150. The second-order valence-electron chi connectivity index (χ2n) is 12.6. The Balaban J connectivity index is 0.000000179. The molecule has 0 fully saturated rings. The van der Waals surface area contributed by atoms with Crippen molar-refractivity contribution in [1.82, 2.24) is 0 Å². The third kappa shape index (κ3) is 15.8. The van der Waals surface area contributed by atoms with Gasteiger partial charge in [0.15, 0.2) is 0 Å². The van der Waals surface area contributed by atoms with Crippen LogP contribution in [0.25, 0.3) is 43.1 Å². The molecule has 0 saturated heterocycles. The van der Waals surface area contributed by atoms with Gasteiger partial charge in [0.2, 0.25) is 0 Å². The van der Waals surface area contributed by atoms with E-state index < -0.39 is 0 Å². The van der Waals surface area contributed by atoms with Gasteiger partial charge in [0.1, 0.15) is 0 Å². The topological polar surface area (TPSA) is 0 Å². The Hall–Kier alpha value is -3.49. The normalized spacial score (nSPS) is 9.54. The van der Waals surface area contributed by atoms with Crippen molar-refractivity contribution in [3.63, 3.8) is 0 Å². The van der Waals surface area contributed by atoms with Crippen LogP contribution in [0.2, 0.25) is 13.1 Å². The Morgan fingerprint density at radius 2 is 0.518 bits per heavy atom. The predicted octanol–water partition coefficient (Wildman–Crippen LogP) is 6.37. The first-order valence-corrected chi connectivity index (χ1v) is 32.9. The molecule has 0 nitrogen and oxygen atoms in total. The van der Waals surface area contributed by atoms with Crippen LogP contribution < -0.4 is 35.2 Å². The third-order valence-corrected chi connectivity index (χ3v) is 17.2. The number of benzene rings is 6. The summed E-state index contributed by atoms with van der Waals surface area (Å²) in [4.78, 5) is 0. The molecular weight excluding hydrogens is 1080 g/mol. The van der Waals surface area contributed by atoms with Crippen molar-refractivity contribution in [3.05, 3.63) is 231 Å². The van der Waals surface area contributed by atoms with Crippen LogP contribution in [-0.4, -0.2) is 11.0 Å². The minimum Gasteiger partial charge on any atom is -1.00 e. The van der Waals surface area contributed by atoms with Gasteiger partial charge in [-0.25, -0.2) is 0 Å². The summed E-state index contributed by atoms with van der Waals surface area (Å²) >= 11 is 2.72. The average molecular weight is 1130 g/mol. The van der Waals surface area contributed by atoms with Gasteiger partial charge in [-0.15, -0.1) is 119 Å². The molecular formula is C50H44Cl2Hf2Si2-2. The maximum atomic E-state index is 2.37. The molecule has 0 bridgehead atoms. The van der Waals surface area contributed by atoms with E-state index >= 15 is 0 Å². The molecule has 0 heterocycles. The van der Waals surface area contributed by atoms with Crippen molar-refractivity contribution in [3.8, 4) is 0 Å². The zero-order valence-electron chi connectivity index (χ0n) is 31.7. The van der Waals surface area contributed by atoms with E-state index in [1.165, 1.54) is 89.1 Å². The van der Waals surface area contributed by atoms with Crippen LogP contribution in [0.3, 0.4) is 0 Å². The van der Waals surface area contributed by atoms with E-state index in [2.05, 4.69) is 244 Å². The Morgan fingerprint density at radius 3 is 0.714 bits per heavy atom. The molecule has 10 aromatic carbocycles. The Kier molecular flexibility index (Phi) is 22.1. The Labute approximate surface area is 375 Å². The van der Waals surface area contributed by atoms with E-state index in [-0.39, 0.29) is 35.8 Å². The van der Waals surface area contributed by atoms with Gasteiger partial charge < -0.3 is 24.8 Å². The summed E-state index contributed by atoms with van der Waals surface area (Å²) in [7, 11) is 0. The fourth-order valence-electron chi connectivity index (χ4n) is 5.66. The quantitative estimate of drug-likeness (QED) is 0.140. The zero-order chi connectivity index (χ0) is 37.8. The largest absolute Gasteiger partial charge is 1.00 e. The Morgan fingerprint density at radius 1 is 0.304 bits per heavy atom. The fourth-order valence-corrected chi connectivity index (χ4v) is 10.6. The first-order chi connectivity index (χ1) is 26.5. The van der Waals surface area contributed by atoms with Gasteiger partial charge in [-0.3, -0.25) is 0 Å². The second kappa shape index (κ2) is 26.4. The smallest absolute Gasteiger partial charge is 0.0809 e. The van der Waals surface area contributed by atoms with Crippen molar-refractivity contribution < 1.29 is 70.8 Å². The molecule has 0 amide bonds. The SMILES string of the molecule is C[Si](=[Hf+2])c1ccccc1.C[Si](=[Hf+2])c1ccccc1.[Cl-].[Cl-].c1ccc2[cH-]ccc2c1.c1ccc2[cH-]ccc2c1.c1ccc2[cH-]ccc2c1.c1ccc2[cH-]ccc2c1. The summed E-state index contributed by atoms with van der Waals surface area (Å²) in [5.74, 6) is 0. The molecule has 10 aromatic rings. The number of hydrogen-bond acceptors (Lipinski definition) is 0. The van der Waals surface area contributed by atoms with Crippen molar-refractivity contribution in [1.29, 1.82) is 0 Å². The van der Waals surface area contributed by atoms with E-state index in [4.69, 9.17) is 0 Å². The number of hydrogen-bond donors (Lipinski definition) is 0. The molecule has 0 saturated carbocycles. The molecule has 0 aliphatic rings. The summed E-state index contributed by atoms with van der Waals surface area (Å²) in [5.41, 5.74) is -0.147. The first-order valence-electron chi connectivity index (χ1n) is 18.1. The maximum absolute atomic E-state index is 2.37. The molecule has 0 aliphatic carbocycles. The van der Waals surface area contributed by atoms with E-state index in [9.17, 15) is 0 Å². The summed E-state index contributed by atoms with van der Waals surface area (Å²) in [6.07, 6.45) is 0. The summed E-state index contributed by atoms with van der Waals surface area (Å²) in [6.45, 7) is 4.73. The van der Waals surface area contributed by atoms with Gasteiger partial charge in [-0.2, -0.15) is 70.1 Å². The van der Waals surface area contributed by atoms with Gasteiger partial charge in [-0.05, 0) is 0 Å². The summed E-state index contributed by atoms with van der Waals surface area (Å²) in [6, 6.07) is 80.3. The van der Waals surface area contributed by atoms with E-state index in [1.807, 2.05) is 0 Å². The van der Waals surface area contributed by atoms with Gasteiger partial charge in [0.25, 0.3) is 0 Å². The van der Waals surface area contributed by atoms with E-state index in [1.54, 1.807) is 10.4 Å². The number of rotatable bonds is 2. The number of halogens is 2. The second-order valence-corrected chi connectivity index (χ2v) is 32.4. The van der Waals surface area contributed by atoms with Gasteiger partial charge in [-0.1, -0.05) is 24.3 Å². The van der Waals surface area contributed by atoms with Gasteiger partial charge >= 0.3 is 141 Å². The van der Waals surface area contributed by atoms with E-state index in [0.29, 0.717) is 0 Å². The summed E-state index contributed by atoms with van der Waals surface area (Å²) in [5, 5.41) is 13.8. The van der Waals surface area contributed by atoms with Crippen LogP contribution in [0.15, 0.2) is 231 Å². The van der Waals surface area contributed by atoms with Gasteiger partial charge in [0.05, 0.1) is 0 Å². The van der Waals surface area contributed by atoms with Crippen LogP contribution in [0.4, 0.5) is 0 Å². The monoisotopic (exact) mass is 1130 g/mol. The fraction of sp³-hybridized carbons (Fsp3) is 0.0400. The molecule has 276 valence electrons. The zero-order valence-corrected chi connectivity index (χ0v) is 42.4. The van der Waals surface area contributed by atoms with Crippen molar-refractivity contribution in [2.45, 2.75) is 13.1 Å². The van der Waals surface area contributed by atoms with Crippen LogP contribution in [0.5, 0.6) is 0 Å². The van der Waals surface area contributed by atoms with Crippen molar-refractivity contribution in [2.24, 2.45) is 0 Å². The minimum absolute atomic E-state index is 0. The standard InChI is InChI=1S/4C9H7.2C7H8Si.2ClH.2Hf/c4*1-2-5-9-7-3-6-8(9)4-1;2*1-8-7-5-3-2-4-6-7;;;;/h4*1-7H;2*2-6H,1H3;2*1H;;/q4*-1;;;;;2*+2/p-2. The molecule has 6 heteroatoms. The van der Waals surface area contributed by atoms with Crippen LogP contribution in [-0.2, 0) is 46.0 Å². The first kappa shape index (κ1) is 46.9. The molecule has 56 heavy (non-hydrogen) atoms. The molecule has 0 aliphatic heterocycles. The molecule has 0 radical (unpaired) electrons. The predicted molar refractivity (Wildman–Crippen MR) is 234 cm³/mol. The average Bonchev–Trinajstić information content (AvgIpc) is 4.07.